The van der Waals surface area contributed by atoms with Gasteiger partial charge in [-0.3, -0.25) is 9.69 Å². The highest BCUT2D eigenvalue weighted by Gasteiger charge is 2.27. The standard InChI is InChI=1S/C27H28ClN3O4/c1-33-23-8-6-22(7-9-23)30-11-13-31(14-12-30)24(19-5-10-25-26(16-19)35-18-34-25)17-29-27(32)20-3-2-4-21(28)15-20/h2-10,15-16,24H,11-14,17-18H2,1H3,(H,29,32). The molecule has 1 N–H and O–H groups in total. The maximum atomic E-state index is 12.8. The molecule has 1 atom stereocenters. The SMILES string of the molecule is COc1ccc(N2CCN(C(CNC(=O)c3cccc(Cl)c3)c3ccc4c(c3)OCO4)CC2)cc1. The summed E-state index contributed by atoms with van der Waals surface area (Å²) in [6.07, 6.45) is 0. The Bertz CT molecular complexity index is 1180. The third kappa shape index (κ3) is 5.31. The lowest BCUT2D eigenvalue weighted by Crippen LogP contribution is -2.50. The minimum absolute atomic E-state index is 0.00866. The number of hydrogen-bond donors (Lipinski definition) is 1. The van der Waals surface area contributed by atoms with E-state index in [0.717, 1.165) is 49.0 Å². The number of benzene rings is 3. The van der Waals surface area contributed by atoms with Crippen molar-refractivity contribution < 1.29 is 19.0 Å². The van der Waals surface area contributed by atoms with E-state index < -0.39 is 0 Å². The maximum absolute atomic E-state index is 12.8. The third-order valence-electron chi connectivity index (χ3n) is 6.52. The third-order valence-corrected chi connectivity index (χ3v) is 6.75. The first kappa shape index (κ1) is 23.3. The highest BCUT2D eigenvalue weighted by atomic mass is 35.5. The fourth-order valence-electron chi connectivity index (χ4n) is 4.58. The molecule has 0 aromatic heterocycles. The van der Waals surface area contributed by atoms with E-state index in [1.165, 1.54) is 5.69 Å². The Morgan fingerprint density at radius 3 is 2.51 bits per heavy atom. The van der Waals surface area contributed by atoms with Gasteiger partial charge in [0.25, 0.3) is 5.91 Å². The van der Waals surface area contributed by atoms with Crippen molar-refractivity contribution >= 4 is 23.2 Å². The molecule has 0 spiro atoms. The topological polar surface area (TPSA) is 63.3 Å². The van der Waals surface area contributed by atoms with Crippen LogP contribution in [0.1, 0.15) is 22.0 Å². The van der Waals surface area contributed by atoms with E-state index in [-0.39, 0.29) is 18.7 Å². The van der Waals surface area contributed by atoms with Gasteiger partial charge in [-0.25, -0.2) is 0 Å². The molecule has 7 nitrogen and oxygen atoms in total. The quantitative estimate of drug-likeness (QED) is 0.527. The molecule has 3 aromatic rings. The predicted molar refractivity (Wildman–Crippen MR) is 136 cm³/mol. The van der Waals surface area contributed by atoms with Gasteiger partial charge in [-0.15, -0.1) is 0 Å². The van der Waals surface area contributed by atoms with Crippen LogP contribution in [0.3, 0.4) is 0 Å². The number of halogens is 1. The molecule has 0 aliphatic carbocycles. The number of nitrogens with zero attached hydrogens (tertiary/aromatic N) is 2. The van der Waals surface area contributed by atoms with Crippen LogP contribution in [0.2, 0.25) is 5.02 Å². The van der Waals surface area contributed by atoms with Crippen molar-refractivity contribution in [1.82, 2.24) is 10.2 Å². The van der Waals surface area contributed by atoms with Crippen LogP contribution >= 0.6 is 11.6 Å². The monoisotopic (exact) mass is 493 g/mol. The first-order chi connectivity index (χ1) is 17.1. The van der Waals surface area contributed by atoms with Crippen LogP contribution < -0.4 is 24.4 Å². The van der Waals surface area contributed by atoms with Crippen molar-refractivity contribution in [2.45, 2.75) is 6.04 Å². The summed E-state index contributed by atoms with van der Waals surface area (Å²) in [6.45, 7) is 4.19. The average molecular weight is 494 g/mol. The first-order valence-corrected chi connectivity index (χ1v) is 12.0. The number of methoxy groups -OCH3 is 1. The summed E-state index contributed by atoms with van der Waals surface area (Å²) in [6, 6.07) is 21.2. The van der Waals surface area contributed by atoms with Gasteiger partial charge in [-0.05, 0) is 60.2 Å². The minimum Gasteiger partial charge on any atom is -0.497 e. The summed E-state index contributed by atoms with van der Waals surface area (Å²) in [5.74, 6) is 2.20. The van der Waals surface area contributed by atoms with Crippen LogP contribution in [-0.4, -0.2) is 57.4 Å². The number of amides is 1. The van der Waals surface area contributed by atoms with E-state index in [9.17, 15) is 4.79 Å². The Labute approximate surface area is 210 Å². The van der Waals surface area contributed by atoms with Gasteiger partial charge in [-0.1, -0.05) is 23.7 Å². The van der Waals surface area contributed by atoms with E-state index in [4.69, 9.17) is 25.8 Å². The van der Waals surface area contributed by atoms with Crippen molar-refractivity contribution in [1.29, 1.82) is 0 Å². The van der Waals surface area contributed by atoms with Crippen molar-refractivity contribution in [3.8, 4) is 17.2 Å². The molecule has 0 saturated carbocycles. The number of rotatable bonds is 7. The van der Waals surface area contributed by atoms with Gasteiger partial charge in [0.05, 0.1) is 13.2 Å². The van der Waals surface area contributed by atoms with E-state index in [1.807, 2.05) is 24.3 Å². The molecule has 1 amide bonds. The fraction of sp³-hybridized carbons (Fsp3) is 0.296. The van der Waals surface area contributed by atoms with Crippen LogP contribution in [0.25, 0.3) is 0 Å². The number of piperazine rings is 1. The predicted octanol–water partition coefficient (Wildman–Crippen LogP) is 4.37. The first-order valence-electron chi connectivity index (χ1n) is 11.7. The van der Waals surface area contributed by atoms with E-state index in [0.29, 0.717) is 17.1 Å². The highest BCUT2D eigenvalue weighted by molar-refractivity contribution is 6.30. The van der Waals surface area contributed by atoms with E-state index in [2.05, 4.69) is 33.3 Å². The molecule has 35 heavy (non-hydrogen) atoms. The molecule has 1 saturated heterocycles. The molecule has 8 heteroatoms. The molecular weight excluding hydrogens is 466 g/mol. The van der Waals surface area contributed by atoms with Crippen LogP contribution in [-0.2, 0) is 0 Å². The van der Waals surface area contributed by atoms with E-state index >= 15 is 0 Å². The Morgan fingerprint density at radius 1 is 1.00 bits per heavy atom. The lowest BCUT2D eigenvalue weighted by atomic mass is 10.0. The maximum Gasteiger partial charge on any atom is 0.251 e. The lowest BCUT2D eigenvalue weighted by molar-refractivity contribution is 0.0930. The van der Waals surface area contributed by atoms with Gasteiger partial charge < -0.3 is 24.4 Å². The summed E-state index contributed by atoms with van der Waals surface area (Å²) < 4.78 is 16.4. The van der Waals surface area contributed by atoms with Crippen LogP contribution in [0.5, 0.6) is 17.2 Å². The highest BCUT2D eigenvalue weighted by Crippen LogP contribution is 2.36. The fourth-order valence-corrected chi connectivity index (χ4v) is 4.77. The van der Waals surface area contributed by atoms with Gasteiger partial charge in [0.15, 0.2) is 11.5 Å². The summed E-state index contributed by atoms with van der Waals surface area (Å²) in [4.78, 5) is 17.6. The Balaban J connectivity index is 1.31. The summed E-state index contributed by atoms with van der Waals surface area (Å²) in [5, 5.41) is 3.65. The molecule has 1 unspecified atom stereocenters. The second-order valence-corrected chi connectivity index (χ2v) is 9.01. The lowest BCUT2D eigenvalue weighted by Gasteiger charge is -2.40. The molecule has 1 fully saturated rings. The Morgan fingerprint density at radius 2 is 1.77 bits per heavy atom. The molecule has 2 aliphatic heterocycles. The van der Waals surface area contributed by atoms with Crippen LogP contribution in [0.4, 0.5) is 5.69 Å². The van der Waals surface area contributed by atoms with Gasteiger partial charge in [-0.2, -0.15) is 0 Å². The minimum atomic E-state index is -0.143. The number of anilines is 1. The zero-order valence-corrected chi connectivity index (χ0v) is 20.3. The van der Waals surface area contributed by atoms with Crippen LogP contribution in [0.15, 0.2) is 66.7 Å². The van der Waals surface area contributed by atoms with Crippen LogP contribution in [0, 0.1) is 0 Å². The van der Waals surface area contributed by atoms with Gasteiger partial charge in [0.1, 0.15) is 5.75 Å². The second-order valence-electron chi connectivity index (χ2n) is 8.57. The molecule has 5 rings (SSSR count). The van der Waals surface area contributed by atoms with Crippen molar-refractivity contribution in [2.75, 3.05) is 51.5 Å². The number of carbonyl (C=O) groups is 1. The smallest absolute Gasteiger partial charge is 0.251 e. The molecule has 3 aromatic carbocycles. The number of ether oxygens (including phenoxy) is 3. The summed E-state index contributed by atoms with van der Waals surface area (Å²) in [5.41, 5.74) is 2.81. The van der Waals surface area contributed by atoms with Gasteiger partial charge >= 0.3 is 0 Å². The molecule has 2 heterocycles. The summed E-state index contributed by atoms with van der Waals surface area (Å²) >= 11 is 6.08. The number of fused-ring (bicyclic) bond motifs is 1. The number of hydrogen-bond acceptors (Lipinski definition) is 6. The average Bonchev–Trinajstić information content (AvgIpc) is 3.37. The van der Waals surface area contributed by atoms with Crippen molar-refractivity contribution in [3.05, 3.63) is 82.9 Å². The van der Waals surface area contributed by atoms with Crippen molar-refractivity contribution in [2.24, 2.45) is 0 Å². The Kier molecular flexibility index (Phi) is 6.97. The van der Waals surface area contributed by atoms with Crippen molar-refractivity contribution in [3.63, 3.8) is 0 Å². The Hall–Kier alpha value is -3.42. The zero-order valence-electron chi connectivity index (χ0n) is 19.6. The van der Waals surface area contributed by atoms with E-state index in [1.54, 1.807) is 31.4 Å². The molecule has 182 valence electrons. The van der Waals surface area contributed by atoms with Gasteiger partial charge in [0.2, 0.25) is 6.79 Å². The molecule has 2 aliphatic rings. The zero-order chi connectivity index (χ0) is 24.2. The molecule has 0 bridgehead atoms. The normalized spacial score (nSPS) is 16.1. The molecular formula is C27H28ClN3O4. The second kappa shape index (κ2) is 10.5. The number of nitrogens with one attached hydrogen (secondary N) is 1. The molecule has 0 radical (unpaired) electrons. The number of carbonyl (C=O) groups excluding carboxylic acids is 1. The van der Waals surface area contributed by atoms with Gasteiger partial charge in [0, 0.05) is 49.0 Å². The summed E-state index contributed by atoms with van der Waals surface area (Å²) in [7, 11) is 1.68. The largest absolute Gasteiger partial charge is 0.497 e.